The number of carbonyl (C=O) groups is 1. The van der Waals surface area contributed by atoms with Gasteiger partial charge in [-0.25, -0.2) is 9.68 Å². The monoisotopic (exact) mass is 374 g/mol. The fraction of sp³-hybridized carbons (Fsp3) is 0.952. The van der Waals surface area contributed by atoms with Crippen LogP contribution in [0.1, 0.15) is 117 Å². The minimum atomic E-state index is -1.32. The molecule has 0 radical (unpaired) electrons. The average Bonchev–Trinajstić information content (AvgIpc) is 2.62. The van der Waals surface area contributed by atoms with Crippen LogP contribution in [0.3, 0.4) is 0 Å². The number of hydrogen-bond acceptors (Lipinski definition) is 4. The van der Waals surface area contributed by atoms with Crippen molar-refractivity contribution in [2.75, 3.05) is 6.61 Å². The fourth-order valence-corrected chi connectivity index (χ4v) is 2.90. The van der Waals surface area contributed by atoms with Gasteiger partial charge in [0.2, 0.25) is 6.29 Å². The molecule has 1 unspecified atom stereocenters. The second-order valence-electron chi connectivity index (χ2n) is 7.12. The second-order valence-corrected chi connectivity index (χ2v) is 7.12. The summed E-state index contributed by atoms with van der Waals surface area (Å²) in [5, 5.41) is 8.73. The van der Waals surface area contributed by atoms with Crippen molar-refractivity contribution in [2.24, 2.45) is 0 Å². The first kappa shape index (κ1) is 25.2. The summed E-state index contributed by atoms with van der Waals surface area (Å²) >= 11 is 0. The van der Waals surface area contributed by atoms with Crippen molar-refractivity contribution < 1.29 is 24.4 Å². The van der Waals surface area contributed by atoms with Crippen molar-refractivity contribution in [2.45, 2.75) is 123 Å². The minimum Gasteiger partial charge on any atom is -0.450 e. The van der Waals surface area contributed by atoms with Gasteiger partial charge in [-0.05, 0) is 12.8 Å². The molecule has 0 aliphatic rings. The number of carboxylic acid groups (broad SMARTS) is 1. The SMILES string of the molecule is CCCCCCCCCCCCCCCC(OOCCCC)OC(=O)O. The molecule has 1 atom stereocenters. The van der Waals surface area contributed by atoms with Gasteiger partial charge in [0.15, 0.2) is 0 Å². The van der Waals surface area contributed by atoms with E-state index in [-0.39, 0.29) is 0 Å². The molecule has 0 amide bonds. The van der Waals surface area contributed by atoms with Crippen LogP contribution in [0.25, 0.3) is 0 Å². The van der Waals surface area contributed by atoms with Gasteiger partial charge in [-0.3, -0.25) is 0 Å². The van der Waals surface area contributed by atoms with E-state index in [0.29, 0.717) is 13.0 Å². The van der Waals surface area contributed by atoms with Gasteiger partial charge in [-0.1, -0.05) is 97.3 Å². The van der Waals surface area contributed by atoms with E-state index in [1.165, 1.54) is 70.6 Å². The van der Waals surface area contributed by atoms with Crippen LogP contribution in [-0.4, -0.2) is 24.2 Å². The highest BCUT2D eigenvalue weighted by atomic mass is 17.2. The molecule has 0 aromatic carbocycles. The Kier molecular flexibility index (Phi) is 19.9. The van der Waals surface area contributed by atoms with E-state index in [9.17, 15) is 4.79 Å². The van der Waals surface area contributed by atoms with Crippen molar-refractivity contribution in [3.63, 3.8) is 0 Å². The maximum Gasteiger partial charge on any atom is 0.508 e. The van der Waals surface area contributed by atoms with Gasteiger partial charge in [0.1, 0.15) is 0 Å². The molecule has 5 heteroatoms. The smallest absolute Gasteiger partial charge is 0.450 e. The van der Waals surface area contributed by atoms with E-state index in [4.69, 9.17) is 19.6 Å². The van der Waals surface area contributed by atoms with E-state index < -0.39 is 12.4 Å². The third-order valence-corrected chi connectivity index (χ3v) is 4.53. The van der Waals surface area contributed by atoms with Gasteiger partial charge >= 0.3 is 6.16 Å². The zero-order valence-corrected chi connectivity index (χ0v) is 17.2. The van der Waals surface area contributed by atoms with Crippen LogP contribution >= 0.6 is 0 Å². The van der Waals surface area contributed by atoms with E-state index in [1.54, 1.807) is 0 Å². The van der Waals surface area contributed by atoms with E-state index in [1.807, 2.05) is 0 Å². The second kappa shape index (κ2) is 20.5. The maximum absolute atomic E-state index is 10.7. The van der Waals surface area contributed by atoms with Crippen LogP contribution < -0.4 is 0 Å². The lowest BCUT2D eigenvalue weighted by atomic mass is 10.0. The van der Waals surface area contributed by atoms with Gasteiger partial charge in [0.25, 0.3) is 0 Å². The van der Waals surface area contributed by atoms with Gasteiger partial charge in [-0.2, -0.15) is 4.89 Å². The fourth-order valence-electron chi connectivity index (χ4n) is 2.90. The molecule has 0 fully saturated rings. The third kappa shape index (κ3) is 19.5. The lowest BCUT2D eigenvalue weighted by Gasteiger charge is -2.15. The molecule has 0 aromatic rings. The molecule has 156 valence electrons. The Balaban J connectivity index is 3.44. The van der Waals surface area contributed by atoms with Crippen molar-refractivity contribution in [1.29, 1.82) is 0 Å². The summed E-state index contributed by atoms with van der Waals surface area (Å²) in [5.41, 5.74) is 0. The molecule has 0 aromatic heterocycles. The molecule has 0 saturated heterocycles. The summed E-state index contributed by atoms with van der Waals surface area (Å²) in [7, 11) is 0. The largest absolute Gasteiger partial charge is 0.508 e. The van der Waals surface area contributed by atoms with Crippen LogP contribution in [0, 0.1) is 0 Å². The van der Waals surface area contributed by atoms with Crippen molar-refractivity contribution in [3.05, 3.63) is 0 Å². The molecule has 26 heavy (non-hydrogen) atoms. The standard InChI is InChI=1S/C21H42O5/c1-3-5-7-8-9-10-11-12-13-14-15-16-17-18-20(25-21(22)23)26-24-19-6-4-2/h20H,3-19H2,1-2H3,(H,22,23). The van der Waals surface area contributed by atoms with Crippen molar-refractivity contribution in [1.82, 2.24) is 0 Å². The summed E-state index contributed by atoms with van der Waals surface area (Å²) in [6, 6.07) is 0. The lowest BCUT2D eigenvalue weighted by Crippen LogP contribution is -2.21. The first-order valence-corrected chi connectivity index (χ1v) is 10.9. The predicted octanol–water partition coefficient (Wildman–Crippen LogP) is 7.24. The molecule has 0 saturated carbocycles. The molecule has 0 heterocycles. The topological polar surface area (TPSA) is 65.0 Å². The third-order valence-electron chi connectivity index (χ3n) is 4.53. The van der Waals surface area contributed by atoms with Crippen LogP contribution in [0.5, 0.6) is 0 Å². The molecule has 5 nitrogen and oxygen atoms in total. The Labute approximate surface area is 160 Å². The number of unbranched alkanes of at least 4 members (excludes halogenated alkanes) is 13. The zero-order chi connectivity index (χ0) is 19.3. The Morgan fingerprint density at radius 1 is 0.731 bits per heavy atom. The van der Waals surface area contributed by atoms with Gasteiger partial charge in [0.05, 0.1) is 6.61 Å². The van der Waals surface area contributed by atoms with Crippen LogP contribution in [0.4, 0.5) is 4.79 Å². The minimum absolute atomic E-state index is 0.467. The molecular formula is C21H42O5. The number of ether oxygens (including phenoxy) is 1. The first-order chi connectivity index (χ1) is 12.7. The van der Waals surface area contributed by atoms with Crippen LogP contribution in [0.15, 0.2) is 0 Å². The summed E-state index contributed by atoms with van der Waals surface area (Å²) in [6.45, 7) is 4.78. The van der Waals surface area contributed by atoms with Gasteiger partial charge in [0, 0.05) is 6.42 Å². The zero-order valence-electron chi connectivity index (χ0n) is 17.2. The van der Waals surface area contributed by atoms with Crippen LogP contribution in [0.2, 0.25) is 0 Å². The summed E-state index contributed by atoms with van der Waals surface area (Å²) in [5.74, 6) is 0. The highest BCUT2D eigenvalue weighted by Gasteiger charge is 2.14. The predicted molar refractivity (Wildman–Crippen MR) is 105 cm³/mol. The molecule has 0 aliphatic carbocycles. The summed E-state index contributed by atoms with van der Waals surface area (Å²) in [4.78, 5) is 20.7. The highest BCUT2D eigenvalue weighted by molar-refractivity contribution is 5.56. The Hall–Kier alpha value is -0.810. The number of rotatable bonds is 20. The summed E-state index contributed by atoms with van der Waals surface area (Å²) < 4.78 is 4.71. The number of hydrogen-bond donors (Lipinski definition) is 1. The average molecular weight is 375 g/mol. The normalized spacial score (nSPS) is 12.2. The molecule has 0 bridgehead atoms. The molecule has 0 rings (SSSR count). The van der Waals surface area contributed by atoms with E-state index in [0.717, 1.165) is 25.7 Å². The van der Waals surface area contributed by atoms with Crippen molar-refractivity contribution >= 4 is 6.16 Å². The van der Waals surface area contributed by atoms with E-state index >= 15 is 0 Å². The summed E-state index contributed by atoms with van der Waals surface area (Å²) in [6.07, 6.45) is 17.0. The molecular weight excluding hydrogens is 332 g/mol. The molecule has 1 N–H and O–H groups in total. The lowest BCUT2D eigenvalue weighted by molar-refractivity contribution is -0.370. The Morgan fingerprint density at radius 2 is 1.19 bits per heavy atom. The van der Waals surface area contributed by atoms with E-state index in [2.05, 4.69) is 13.8 Å². The molecule has 0 aliphatic heterocycles. The van der Waals surface area contributed by atoms with Gasteiger partial charge in [-0.15, -0.1) is 0 Å². The van der Waals surface area contributed by atoms with Gasteiger partial charge < -0.3 is 9.84 Å². The molecule has 0 spiro atoms. The quantitative estimate of drug-likeness (QED) is 0.0800. The maximum atomic E-state index is 10.7. The van der Waals surface area contributed by atoms with Crippen molar-refractivity contribution in [3.8, 4) is 0 Å². The Morgan fingerprint density at radius 3 is 1.65 bits per heavy atom. The highest BCUT2D eigenvalue weighted by Crippen LogP contribution is 2.14. The Bertz CT molecular complexity index is 296. The first-order valence-electron chi connectivity index (χ1n) is 10.9. The van der Waals surface area contributed by atoms with Crippen LogP contribution in [-0.2, 0) is 14.5 Å².